The van der Waals surface area contributed by atoms with Gasteiger partial charge in [-0.15, -0.1) is 0 Å². The van der Waals surface area contributed by atoms with Gasteiger partial charge in [0.25, 0.3) is 10.0 Å². The molecule has 7 nitrogen and oxygen atoms in total. The zero-order chi connectivity index (χ0) is 19.1. The Morgan fingerprint density at radius 1 is 1.00 bits per heavy atom. The van der Waals surface area contributed by atoms with Gasteiger partial charge in [-0.05, 0) is 36.4 Å². The molecule has 0 saturated heterocycles. The highest BCUT2D eigenvalue weighted by molar-refractivity contribution is 7.94. The number of hydrogen-bond donors (Lipinski definition) is 2. The molecular formula is C16H16ClN3O4S2. The van der Waals surface area contributed by atoms with Gasteiger partial charge in [0, 0.05) is 17.0 Å². The Morgan fingerprint density at radius 3 is 2.27 bits per heavy atom. The summed E-state index contributed by atoms with van der Waals surface area (Å²) in [5.74, 6) is 0. The van der Waals surface area contributed by atoms with Gasteiger partial charge in [0.15, 0.2) is 5.03 Å². The van der Waals surface area contributed by atoms with E-state index in [9.17, 15) is 16.8 Å². The second-order valence-corrected chi connectivity index (χ2v) is 9.92. The molecule has 0 radical (unpaired) electrons. The number of aromatic nitrogens is 1. The van der Waals surface area contributed by atoms with E-state index in [1.54, 1.807) is 18.2 Å². The molecule has 0 saturated carbocycles. The van der Waals surface area contributed by atoms with Gasteiger partial charge in [0.2, 0.25) is 9.84 Å². The van der Waals surface area contributed by atoms with Gasteiger partial charge in [-0.1, -0.05) is 29.8 Å². The van der Waals surface area contributed by atoms with E-state index < -0.39 is 30.3 Å². The molecule has 0 bridgehead atoms. The van der Waals surface area contributed by atoms with E-state index in [1.165, 1.54) is 36.4 Å². The largest absolute Gasteiger partial charge is 0.328 e. The number of fused-ring (bicyclic) bond motifs is 1. The molecule has 1 unspecified atom stereocenters. The molecule has 1 heterocycles. The molecule has 4 N–H and O–H groups in total. The van der Waals surface area contributed by atoms with Crippen LogP contribution in [0, 0.1) is 0 Å². The standard InChI is InChI=1S/C16H16ClN3O4S2/c17-12-6-7-14-11(8-12)9-16(25(21,22)15(19)10-18)20(14)26(23,24)13-4-2-1-3-5-13/h1-9,15H,10,18-19H2. The molecule has 1 atom stereocenters. The lowest BCUT2D eigenvalue weighted by Crippen LogP contribution is -2.39. The van der Waals surface area contributed by atoms with Gasteiger partial charge in [-0.3, -0.25) is 0 Å². The summed E-state index contributed by atoms with van der Waals surface area (Å²) in [4.78, 5) is -0.0507. The molecular weight excluding hydrogens is 398 g/mol. The Hall–Kier alpha value is -1.91. The molecule has 138 valence electrons. The predicted octanol–water partition coefficient (Wildman–Crippen LogP) is 1.55. The minimum Gasteiger partial charge on any atom is -0.328 e. The van der Waals surface area contributed by atoms with E-state index in [2.05, 4.69) is 0 Å². The first-order valence-corrected chi connectivity index (χ1v) is 10.9. The number of rotatable bonds is 5. The maximum absolute atomic E-state index is 13.2. The van der Waals surface area contributed by atoms with E-state index >= 15 is 0 Å². The zero-order valence-corrected chi connectivity index (χ0v) is 15.8. The van der Waals surface area contributed by atoms with Crippen LogP contribution in [0.15, 0.2) is 64.5 Å². The molecule has 3 rings (SSSR count). The van der Waals surface area contributed by atoms with Crippen molar-refractivity contribution in [2.24, 2.45) is 11.5 Å². The summed E-state index contributed by atoms with van der Waals surface area (Å²) < 4.78 is 52.7. The molecule has 0 aliphatic heterocycles. The Labute approximate surface area is 156 Å². The fraction of sp³-hybridized carbons (Fsp3) is 0.125. The average molecular weight is 414 g/mol. The Balaban J connectivity index is 2.42. The van der Waals surface area contributed by atoms with Crippen LogP contribution in [0.4, 0.5) is 0 Å². The molecule has 0 amide bonds. The van der Waals surface area contributed by atoms with E-state index in [-0.39, 0.29) is 17.0 Å². The Kier molecular flexibility index (Phi) is 4.84. The molecule has 0 aliphatic rings. The molecule has 3 aromatic rings. The second kappa shape index (κ2) is 6.67. The third-order valence-corrected chi connectivity index (χ3v) is 7.86. The highest BCUT2D eigenvalue weighted by Gasteiger charge is 2.33. The number of benzene rings is 2. The summed E-state index contributed by atoms with van der Waals surface area (Å²) in [6.07, 6.45) is 0. The monoisotopic (exact) mass is 413 g/mol. The first-order valence-electron chi connectivity index (χ1n) is 7.51. The van der Waals surface area contributed by atoms with Crippen LogP contribution in [0.2, 0.25) is 5.02 Å². The first-order chi connectivity index (χ1) is 12.2. The summed E-state index contributed by atoms with van der Waals surface area (Å²) in [5, 5.41) is -1.18. The van der Waals surface area contributed by atoms with E-state index in [4.69, 9.17) is 23.1 Å². The number of nitrogens with two attached hydrogens (primary N) is 2. The second-order valence-electron chi connectivity index (χ2n) is 5.59. The van der Waals surface area contributed by atoms with Crippen molar-refractivity contribution >= 4 is 42.4 Å². The van der Waals surface area contributed by atoms with Gasteiger partial charge in [0.05, 0.1) is 10.4 Å². The molecule has 0 aliphatic carbocycles. The van der Waals surface area contributed by atoms with Crippen molar-refractivity contribution in [1.29, 1.82) is 0 Å². The van der Waals surface area contributed by atoms with Crippen LogP contribution in [0.5, 0.6) is 0 Å². The smallest absolute Gasteiger partial charge is 0.269 e. The number of halogens is 1. The third-order valence-electron chi connectivity index (χ3n) is 3.89. The quantitative estimate of drug-likeness (QED) is 0.653. The van der Waals surface area contributed by atoms with Crippen molar-refractivity contribution in [2.75, 3.05) is 6.54 Å². The van der Waals surface area contributed by atoms with Crippen molar-refractivity contribution in [1.82, 2.24) is 3.97 Å². The summed E-state index contributed by atoms with van der Waals surface area (Å²) >= 11 is 5.96. The van der Waals surface area contributed by atoms with Gasteiger partial charge >= 0.3 is 0 Å². The van der Waals surface area contributed by atoms with Crippen molar-refractivity contribution in [2.45, 2.75) is 15.3 Å². The van der Waals surface area contributed by atoms with Crippen LogP contribution in [-0.2, 0) is 19.9 Å². The minimum absolute atomic E-state index is 0.0507. The van der Waals surface area contributed by atoms with E-state index in [0.717, 1.165) is 3.97 Å². The SMILES string of the molecule is NCC(N)S(=O)(=O)c1cc2cc(Cl)ccc2n1S(=O)(=O)c1ccccc1. The summed E-state index contributed by atoms with van der Waals surface area (Å²) in [6.45, 7) is -0.351. The van der Waals surface area contributed by atoms with Crippen LogP contribution in [0.3, 0.4) is 0 Å². The number of nitrogens with zero attached hydrogens (tertiary/aromatic N) is 1. The van der Waals surface area contributed by atoms with Gasteiger partial charge in [0.1, 0.15) is 5.37 Å². The number of hydrogen-bond acceptors (Lipinski definition) is 6. The molecule has 10 heteroatoms. The highest BCUT2D eigenvalue weighted by Crippen LogP contribution is 2.31. The van der Waals surface area contributed by atoms with Crippen LogP contribution < -0.4 is 11.5 Å². The van der Waals surface area contributed by atoms with Crippen LogP contribution >= 0.6 is 11.6 Å². The fourth-order valence-corrected chi connectivity index (χ4v) is 5.96. The van der Waals surface area contributed by atoms with Crippen molar-refractivity contribution < 1.29 is 16.8 Å². The van der Waals surface area contributed by atoms with E-state index in [0.29, 0.717) is 10.4 Å². The van der Waals surface area contributed by atoms with Crippen molar-refractivity contribution in [3.63, 3.8) is 0 Å². The van der Waals surface area contributed by atoms with Crippen LogP contribution in [-0.4, -0.2) is 32.7 Å². The normalized spacial score (nSPS) is 13.8. The summed E-state index contributed by atoms with van der Waals surface area (Å²) in [5.41, 5.74) is 11.2. The van der Waals surface area contributed by atoms with E-state index in [1.807, 2.05) is 0 Å². The van der Waals surface area contributed by atoms with Gasteiger partial charge < -0.3 is 11.5 Å². The highest BCUT2D eigenvalue weighted by atomic mass is 35.5. The van der Waals surface area contributed by atoms with Crippen molar-refractivity contribution in [3.8, 4) is 0 Å². The lowest BCUT2D eigenvalue weighted by atomic mass is 10.2. The zero-order valence-electron chi connectivity index (χ0n) is 13.4. The van der Waals surface area contributed by atoms with Gasteiger partial charge in [-0.25, -0.2) is 20.8 Å². The Bertz CT molecular complexity index is 1170. The lowest BCUT2D eigenvalue weighted by molar-refractivity contribution is 0.566. The average Bonchev–Trinajstić information content (AvgIpc) is 3.01. The summed E-state index contributed by atoms with van der Waals surface area (Å²) in [6, 6.07) is 13.2. The first kappa shape index (κ1) is 18.9. The predicted molar refractivity (Wildman–Crippen MR) is 100 cm³/mol. The maximum Gasteiger partial charge on any atom is 0.269 e. The van der Waals surface area contributed by atoms with Crippen LogP contribution in [0.1, 0.15) is 0 Å². The summed E-state index contributed by atoms with van der Waals surface area (Å²) in [7, 11) is -8.38. The third kappa shape index (κ3) is 3.01. The van der Waals surface area contributed by atoms with Crippen molar-refractivity contribution in [3.05, 3.63) is 59.6 Å². The topological polar surface area (TPSA) is 125 Å². The molecule has 0 fully saturated rings. The molecule has 2 aromatic carbocycles. The van der Waals surface area contributed by atoms with Gasteiger partial charge in [-0.2, -0.15) is 0 Å². The molecule has 0 spiro atoms. The molecule has 26 heavy (non-hydrogen) atoms. The maximum atomic E-state index is 13.2. The fourth-order valence-electron chi connectivity index (χ4n) is 2.56. The number of sulfone groups is 1. The lowest BCUT2D eigenvalue weighted by Gasteiger charge is -2.15. The molecule has 1 aromatic heterocycles. The minimum atomic E-state index is -4.19. The van der Waals surface area contributed by atoms with Crippen LogP contribution in [0.25, 0.3) is 10.9 Å². The Morgan fingerprint density at radius 2 is 1.65 bits per heavy atom.